The highest BCUT2D eigenvalue weighted by Gasteiger charge is 2.25. The smallest absolute Gasteiger partial charge is 0.0745 e. The van der Waals surface area contributed by atoms with E-state index < -0.39 is 0 Å². The Hall–Kier alpha value is -0.120. The largest absolute Gasteiger partial charge is 0.391 e. The highest BCUT2D eigenvalue weighted by atomic mass is 16.5. The molecule has 3 nitrogen and oxygen atoms in total. The summed E-state index contributed by atoms with van der Waals surface area (Å²) in [6, 6.07) is 0. The minimum atomic E-state index is -0.346. The van der Waals surface area contributed by atoms with E-state index in [4.69, 9.17) is 9.47 Å². The molecule has 0 spiro atoms. The lowest BCUT2D eigenvalue weighted by molar-refractivity contribution is -0.0795. The van der Waals surface area contributed by atoms with Crippen molar-refractivity contribution >= 4 is 0 Å². The van der Waals surface area contributed by atoms with Crippen LogP contribution in [0.25, 0.3) is 0 Å². The number of ether oxygens (including phenoxy) is 2. The Labute approximate surface area is 111 Å². The van der Waals surface area contributed by atoms with E-state index >= 15 is 0 Å². The lowest BCUT2D eigenvalue weighted by atomic mass is 9.93. The van der Waals surface area contributed by atoms with Gasteiger partial charge in [-0.15, -0.1) is 0 Å². The lowest BCUT2D eigenvalue weighted by Gasteiger charge is -2.33. The number of rotatable bonds is 5. The second-order valence-corrected chi connectivity index (χ2v) is 5.98. The zero-order valence-electron chi connectivity index (χ0n) is 11.6. The van der Waals surface area contributed by atoms with Gasteiger partial charge in [0.1, 0.15) is 0 Å². The summed E-state index contributed by atoms with van der Waals surface area (Å²) in [4.78, 5) is 0. The van der Waals surface area contributed by atoms with Gasteiger partial charge in [-0.3, -0.25) is 0 Å². The van der Waals surface area contributed by atoms with Gasteiger partial charge >= 0.3 is 0 Å². The first kappa shape index (κ1) is 14.3. The van der Waals surface area contributed by atoms with Crippen LogP contribution in [0.3, 0.4) is 0 Å². The van der Waals surface area contributed by atoms with E-state index in [-0.39, 0.29) is 6.10 Å². The molecule has 2 fully saturated rings. The highest BCUT2D eigenvalue weighted by Crippen LogP contribution is 2.28. The van der Waals surface area contributed by atoms with Crippen LogP contribution < -0.4 is 0 Å². The second-order valence-electron chi connectivity index (χ2n) is 5.98. The fraction of sp³-hybridized carbons (Fsp3) is 1.00. The molecule has 2 aliphatic carbocycles. The van der Waals surface area contributed by atoms with Gasteiger partial charge < -0.3 is 14.6 Å². The summed E-state index contributed by atoms with van der Waals surface area (Å²) in [5, 5.41) is 9.20. The standard InChI is InChI=1S/C15H28O3/c1-12(16)11-17-13-7-9-15(10-8-13)18-14-5-3-2-4-6-14/h12-16H,2-11H2,1H3. The lowest BCUT2D eigenvalue weighted by Crippen LogP contribution is -2.31. The molecule has 0 heterocycles. The number of aliphatic hydroxyl groups is 1. The van der Waals surface area contributed by atoms with Gasteiger partial charge in [-0.25, -0.2) is 0 Å². The molecule has 0 radical (unpaired) electrons. The van der Waals surface area contributed by atoms with Crippen molar-refractivity contribution in [2.45, 2.75) is 89.1 Å². The van der Waals surface area contributed by atoms with Crippen molar-refractivity contribution in [2.24, 2.45) is 0 Å². The van der Waals surface area contributed by atoms with E-state index in [9.17, 15) is 5.11 Å². The summed E-state index contributed by atoms with van der Waals surface area (Å²) in [7, 11) is 0. The minimum Gasteiger partial charge on any atom is -0.391 e. The first-order chi connectivity index (χ1) is 8.74. The molecule has 0 aromatic carbocycles. The van der Waals surface area contributed by atoms with Crippen molar-refractivity contribution in [3.63, 3.8) is 0 Å². The molecule has 1 N–H and O–H groups in total. The first-order valence-corrected chi connectivity index (χ1v) is 7.69. The molecule has 0 saturated heterocycles. The third-order valence-electron chi connectivity index (χ3n) is 4.13. The average molecular weight is 256 g/mol. The number of hydrogen-bond acceptors (Lipinski definition) is 3. The summed E-state index contributed by atoms with van der Waals surface area (Å²) < 4.78 is 11.9. The third-order valence-corrected chi connectivity index (χ3v) is 4.13. The summed E-state index contributed by atoms with van der Waals surface area (Å²) in [5.74, 6) is 0. The van der Waals surface area contributed by atoms with Gasteiger partial charge in [0.05, 0.1) is 31.0 Å². The molecular formula is C15H28O3. The van der Waals surface area contributed by atoms with Crippen molar-refractivity contribution < 1.29 is 14.6 Å². The third kappa shape index (κ3) is 4.87. The fourth-order valence-corrected chi connectivity index (χ4v) is 3.08. The van der Waals surface area contributed by atoms with E-state index in [1.54, 1.807) is 6.92 Å². The van der Waals surface area contributed by atoms with Crippen molar-refractivity contribution in [3.05, 3.63) is 0 Å². The molecule has 18 heavy (non-hydrogen) atoms. The van der Waals surface area contributed by atoms with Gasteiger partial charge in [-0.2, -0.15) is 0 Å². The highest BCUT2D eigenvalue weighted by molar-refractivity contribution is 4.76. The molecule has 2 rings (SSSR count). The topological polar surface area (TPSA) is 38.7 Å². The van der Waals surface area contributed by atoms with Crippen LogP contribution in [0.4, 0.5) is 0 Å². The van der Waals surface area contributed by atoms with Gasteiger partial charge in [-0.05, 0) is 45.4 Å². The molecule has 0 aliphatic heterocycles. The van der Waals surface area contributed by atoms with Crippen LogP contribution in [0, 0.1) is 0 Å². The van der Waals surface area contributed by atoms with Crippen molar-refractivity contribution in [2.75, 3.05) is 6.61 Å². The Morgan fingerprint density at radius 3 is 2.06 bits per heavy atom. The monoisotopic (exact) mass is 256 g/mol. The molecule has 0 bridgehead atoms. The summed E-state index contributed by atoms with van der Waals surface area (Å²) >= 11 is 0. The fourth-order valence-electron chi connectivity index (χ4n) is 3.08. The molecule has 2 saturated carbocycles. The minimum absolute atomic E-state index is 0.339. The van der Waals surface area contributed by atoms with Crippen LogP contribution in [0.5, 0.6) is 0 Å². The predicted molar refractivity (Wildman–Crippen MR) is 71.6 cm³/mol. The quantitative estimate of drug-likeness (QED) is 0.821. The number of hydrogen-bond donors (Lipinski definition) is 1. The van der Waals surface area contributed by atoms with Gasteiger partial charge in [-0.1, -0.05) is 19.3 Å². The molecule has 0 aromatic rings. The maximum Gasteiger partial charge on any atom is 0.0745 e. The zero-order valence-corrected chi connectivity index (χ0v) is 11.6. The Bertz CT molecular complexity index is 216. The predicted octanol–water partition coefficient (Wildman–Crippen LogP) is 3.04. The zero-order chi connectivity index (χ0) is 12.8. The van der Waals surface area contributed by atoms with E-state index in [1.807, 2.05) is 0 Å². The molecule has 1 atom stereocenters. The second kappa shape index (κ2) is 7.46. The van der Waals surface area contributed by atoms with Gasteiger partial charge in [0.15, 0.2) is 0 Å². The van der Waals surface area contributed by atoms with Gasteiger partial charge in [0.2, 0.25) is 0 Å². The Balaban J connectivity index is 1.60. The summed E-state index contributed by atoms with van der Waals surface area (Å²) in [5.41, 5.74) is 0. The first-order valence-electron chi connectivity index (χ1n) is 7.69. The molecule has 1 unspecified atom stereocenters. The summed E-state index contributed by atoms with van der Waals surface area (Å²) in [6.45, 7) is 2.25. The van der Waals surface area contributed by atoms with Crippen LogP contribution in [-0.4, -0.2) is 36.1 Å². The van der Waals surface area contributed by atoms with Crippen LogP contribution in [0.2, 0.25) is 0 Å². The van der Waals surface area contributed by atoms with Crippen molar-refractivity contribution in [1.82, 2.24) is 0 Å². The average Bonchev–Trinajstić information content (AvgIpc) is 2.39. The molecule has 2 aliphatic rings. The molecule has 3 heteroatoms. The Morgan fingerprint density at radius 1 is 0.889 bits per heavy atom. The molecule has 0 amide bonds. The number of aliphatic hydroxyl groups excluding tert-OH is 1. The van der Waals surface area contributed by atoms with Crippen LogP contribution in [-0.2, 0) is 9.47 Å². The van der Waals surface area contributed by atoms with Crippen molar-refractivity contribution in [3.8, 4) is 0 Å². The van der Waals surface area contributed by atoms with Crippen LogP contribution >= 0.6 is 0 Å². The van der Waals surface area contributed by atoms with E-state index in [1.165, 1.54) is 32.1 Å². The SMILES string of the molecule is CC(O)COC1CCC(OC2CCCCC2)CC1. The molecule has 0 aromatic heterocycles. The normalized spacial score (nSPS) is 32.3. The van der Waals surface area contributed by atoms with E-state index in [0.717, 1.165) is 25.7 Å². The van der Waals surface area contributed by atoms with Gasteiger partial charge in [0, 0.05) is 0 Å². The Kier molecular flexibility index (Phi) is 5.93. The maximum atomic E-state index is 9.20. The van der Waals surface area contributed by atoms with Crippen LogP contribution in [0.1, 0.15) is 64.7 Å². The molecule has 106 valence electrons. The summed E-state index contributed by atoms with van der Waals surface area (Å²) in [6.07, 6.45) is 12.0. The van der Waals surface area contributed by atoms with Crippen LogP contribution in [0.15, 0.2) is 0 Å². The van der Waals surface area contributed by atoms with E-state index in [2.05, 4.69) is 0 Å². The van der Waals surface area contributed by atoms with E-state index in [0.29, 0.717) is 24.9 Å². The molecular weight excluding hydrogens is 228 g/mol. The van der Waals surface area contributed by atoms with Gasteiger partial charge in [0.25, 0.3) is 0 Å². The Morgan fingerprint density at radius 2 is 1.44 bits per heavy atom. The van der Waals surface area contributed by atoms with Crippen molar-refractivity contribution in [1.29, 1.82) is 0 Å². The maximum absolute atomic E-state index is 9.20.